The van der Waals surface area contributed by atoms with Gasteiger partial charge >= 0.3 is 0 Å². The Hall–Kier alpha value is -4.90. The van der Waals surface area contributed by atoms with Crippen molar-refractivity contribution in [2.24, 2.45) is 4.99 Å². The molecule has 2 atom stereocenters. The van der Waals surface area contributed by atoms with Crippen LogP contribution in [0.3, 0.4) is 0 Å². The second-order valence-corrected chi connectivity index (χ2v) is 22.3. The van der Waals surface area contributed by atoms with Gasteiger partial charge in [0.1, 0.15) is 28.5 Å². The van der Waals surface area contributed by atoms with Gasteiger partial charge in [0.15, 0.2) is 0 Å². The van der Waals surface area contributed by atoms with Crippen molar-refractivity contribution in [1.29, 1.82) is 0 Å². The zero-order valence-corrected chi connectivity index (χ0v) is 39.1. The Morgan fingerprint density at radius 1 is 0.733 bits per heavy atom. The van der Waals surface area contributed by atoms with E-state index in [0.29, 0.717) is 18.1 Å². The second kappa shape index (κ2) is 12.6. The monoisotopic (exact) mass is 802 g/mol. The molecule has 0 fully saturated rings. The molecule has 1 aliphatic carbocycles. The zero-order chi connectivity index (χ0) is 45.2. The lowest BCUT2D eigenvalue weighted by Gasteiger charge is -2.44. The van der Waals surface area contributed by atoms with Crippen LogP contribution in [0.5, 0.6) is 11.5 Å². The molecule has 0 radical (unpaired) electrons. The zero-order valence-electron chi connectivity index (χ0n) is 41.1. The maximum Gasteiger partial charge on any atom is 0.217 e. The summed E-state index contributed by atoms with van der Waals surface area (Å²) in [5.41, 5.74) is 12.8. The van der Waals surface area contributed by atoms with Crippen molar-refractivity contribution < 1.29 is 12.2 Å². The third kappa shape index (κ3) is 5.99. The highest BCUT2D eigenvalue weighted by atomic mass is 16.5. The molecular weight excluding hydrogens is 735 g/mol. The van der Waals surface area contributed by atoms with Crippen LogP contribution in [-0.2, 0) is 39.2 Å². The third-order valence-electron chi connectivity index (χ3n) is 14.1. The highest BCUT2D eigenvalue weighted by Gasteiger charge is 2.56. The number of nitrogens with zero attached hydrogens (tertiary/aromatic N) is 3. The van der Waals surface area contributed by atoms with Gasteiger partial charge < -0.3 is 9.47 Å². The maximum absolute atomic E-state index is 9.81. The number of ether oxygens (including phenoxy) is 2. The predicted molar refractivity (Wildman–Crippen MR) is 251 cm³/mol. The SMILES string of the molecule is [2H]C1([2H])c2cc(C)c(C(C)(C)C)c(C)c2C[C@]2(C)OC(c3cc(Oc4cc5c(cc4C)c4cc(C(C)(C)C)cc6c4n5-c4ncc(C)cc4C6(C)C)cc(C(C)(C)C)c3)=N[C@@]12C. The molecule has 9 rings (SSSR count). The number of hydrogen-bond donors (Lipinski definition) is 0. The van der Waals surface area contributed by atoms with Gasteiger partial charge in [-0.15, -0.1) is 0 Å². The normalized spacial score (nSPS) is 22.1. The first-order valence-electron chi connectivity index (χ1n) is 22.9. The van der Waals surface area contributed by atoms with Crippen LogP contribution in [0.2, 0.25) is 0 Å². The quantitative estimate of drug-likeness (QED) is 0.179. The molecule has 3 aliphatic rings. The van der Waals surface area contributed by atoms with Gasteiger partial charge in [-0.3, -0.25) is 4.57 Å². The van der Waals surface area contributed by atoms with Gasteiger partial charge in [0, 0.05) is 55.1 Å². The molecule has 0 saturated carbocycles. The number of benzene rings is 4. The van der Waals surface area contributed by atoms with E-state index in [-0.39, 0.29) is 21.7 Å². The fourth-order valence-electron chi connectivity index (χ4n) is 10.5. The molecule has 2 aromatic heterocycles. The van der Waals surface area contributed by atoms with E-state index in [2.05, 4.69) is 157 Å². The Balaban J connectivity index is 1.19. The molecule has 5 heteroatoms. The minimum absolute atomic E-state index is 0.0330. The smallest absolute Gasteiger partial charge is 0.217 e. The number of aromatic nitrogens is 2. The van der Waals surface area contributed by atoms with Crippen molar-refractivity contribution in [1.82, 2.24) is 9.55 Å². The molecule has 0 spiro atoms. The molecule has 312 valence electrons. The Morgan fingerprint density at radius 2 is 1.42 bits per heavy atom. The Labute approximate surface area is 361 Å². The van der Waals surface area contributed by atoms with Gasteiger partial charge in [0.25, 0.3) is 0 Å². The predicted octanol–water partition coefficient (Wildman–Crippen LogP) is 13.8. The van der Waals surface area contributed by atoms with Gasteiger partial charge in [-0.2, -0.15) is 0 Å². The molecule has 0 N–H and O–H groups in total. The van der Waals surface area contributed by atoms with E-state index in [1.165, 1.54) is 38.5 Å². The molecule has 2 aliphatic heterocycles. The number of rotatable bonds is 3. The molecule has 4 heterocycles. The molecule has 5 nitrogen and oxygen atoms in total. The number of pyridine rings is 1. The fourth-order valence-corrected chi connectivity index (χ4v) is 10.5. The maximum atomic E-state index is 9.81. The van der Waals surface area contributed by atoms with Gasteiger partial charge in [-0.25, -0.2) is 9.98 Å². The van der Waals surface area contributed by atoms with E-state index in [1.807, 2.05) is 26.1 Å². The number of fused-ring (bicyclic) bond motifs is 7. The number of hydrogen-bond acceptors (Lipinski definition) is 4. The van der Waals surface area contributed by atoms with Gasteiger partial charge in [-0.05, 0) is 150 Å². The fraction of sp³-hybridized carbons (Fsp3) is 0.455. The van der Waals surface area contributed by atoms with Crippen LogP contribution in [0, 0.1) is 27.7 Å². The summed E-state index contributed by atoms with van der Waals surface area (Å²) in [5.74, 6) is 2.86. The number of aliphatic imine (C=N–C) groups is 1. The van der Waals surface area contributed by atoms with Crippen LogP contribution < -0.4 is 4.74 Å². The van der Waals surface area contributed by atoms with Crippen LogP contribution in [-0.4, -0.2) is 26.6 Å². The summed E-state index contributed by atoms with van der Waals surface area (Å²) in [6, 6.07) is 20.0. The summed E-state index contributed by atoms with van der Waals surface area (Å²) in [6.07, 6.45) is 0.753. The molecule has 0 saturated heterocycles. The van der Waals surface area contributed by atoms with E-state index < -0.39 is 17.5 Å². The standard InChI is InChI=1S/C55H65N3O2/c1-30-18-43-48(56-29-30)58-44-26-45(31(2)20-39(44)40-24-37(51(8,9)10)25-42(47(40)58)53(43,14)15)59-38-22-34(21-36(23-38)50(5,6)7)49-57-54(16)27-35-19-32(3)46(52(11,12)13)33(4)41(35)28-55(54,17)60-49/h18-26,29H,27-28H2,1-17H3/t54-,55-/m0/s1/i27D2. The lowest BCUT2D eigenvalue weighted by atomic mass is 9.66. The van der Waals surface area contributed by atoms with Crippen LogP contribution in [0.4, 0.5) is 0 Å². The Kier molecular flexibility index (Phi) is 7.98. The topological polar surface area (TPSA) is 48.6 Å². The first kappa shape index (κ1) is 38.1. The summed E-state index contributed by atoms with van der Waals surface area (Å²) >= 11 is 0. The summed E-state index contributed by atoms with van der Waals surface area (Å²) in [7, 11) is 0. The van der Waals surface area contributed by atoms with Crippen LogP contribution in [0.15, 0.2) is 65.8 Å². The van der Waals surface area contributed by atoms with E-state index in [9.17, 15) is 2.74 Å². The molecule has 6 aromatic rings. The average Bonchev–Trinajstić information content (AvgIpc) is 3.61. The van der Waals surface area contributed by atoms with Crippen LogP contribution in [0.1, 0.15) is 160 Å². The van der Waals surface area contributed by atoms with Crippen LogP contribution >= 0.6 is 0 Å². The second-order valence-electron chi connectivity index (χ2n) is 22.3. The van der Waals surface area contributed by atoms with Crippen molar-refractivity contribution in [3.63, 3.8) is 0 Å². The van der Waals surface area contributed by atoms with Crippen molar-refractivity contribution in [3.8, 4) is 17.3 Å². The van der Waals surface area contributed by atoms with E-state index in [0.717, 1.165) is 61.6 Å². The molecule has 60 heavy (non-hydrogen) atoms. The summed E-state index contributed by atoms with van der Waals surface area (Å²) in [6.45, 7) is 37.4. The van der Waals surface area contributed by atoms with Gasteiger partial charge in [0.2, 0.25) is 5.90 Å². The van der Waals surface area contributed by atoms with Gasteiger partial charge in [0.05, 0.1) is 11.0 Å². The minimum Gasteiger partial charge on any atom is -0.468 e. The van der Waals surface area contributed by atoms with Crippen molar-refractivity contribution in [2.75, 3.05) is 0 Å². The summed E-state index contributed by atoms with van der Waals surface area (Å²) < 4.78 is 36.0. The van der Waals surface area contributed by atoms with Crippen LogP contribution in [0.25, 0.3) is 27.6 Å². The third-order valence-corrected chi connectivity index (χ3v) is 14.1. The molecule has 0 unspecified atom stereocenters. The molecule has 4 aromatic carbocycles. The van der Waals surface area contributed by atoms with Crippen molar-refractivity contribution in [3.05, 3.63) is 128 Å². The Morgan fingerprint density at radius 3 is 2.08 bits per heavy atom. The first-order valence-corrected chi connectivity index (χ1v) is 21.9. The molecular formula is C55H65N3O2. The lowest BCUT2D eigenvalue weighted by Crippen LogP contribution is -2.53. The number of aryl methyl sites for hydroxylation is 3. The average molecular weight is 802 g/mol. The van der Waals surface area contributed by atoms with Gasteiger partial charge in [-0.1, -0.05) is 88.3 Å². The lowest BCUT2D eigenvalue weighted by molar-refractivity contribution is 0.0270. The summed E-state index contributed by atoms with van der Waals surface area (Å²) in [4.78, 5) is 10.4. The van der Waals surface area contributed by atoms with E-state index in [1.54, 1.807) is 0 Å². The first-order chi connectivity index (χ1) is 28.5. The van der Waals surface area contributed by atoms with Crippen molar-refractivity contribution >= 4 is 27.7 Å². The highest BCUT2D eigenvalue weighted by Crippen LogP contribution is 2.51. The van der Waals surface area contributed by atoms with E-state index in [4.69, 9.17) is 19.5 Å². The van der Waals surface area contributed by atoms with E-state index >= 15 is 0 Å². The highest BCUT2D eigenvalue weighted by molar-refractivity contribution is 6.12. The largest absolute Gasteiger partial charge is 0.468 e. The molecule has 0 amide bonds. The Bertz CT molecular complexity index is 2960. The summed E-state index contributed by atoms with van der Waals surface area (Å²) in [5, 5.41) is 2.41. The van der Waals surface area contributed by atoms with Crippen molar-refractivity contribution in [2.45, 2.75) is 163 Å². The minimum atomic E-state index is -1.79. The molecule has 0 bridgehead atoms.